The number of halogens is 1. The summed E-state index contributed by atoms with van der Waals surface area (Å²) in [6.45, 7) is 4.84. The topological polar surface area (TPSA) is 121 Å². The molecule has 6 rings (SSSR count). The smallest absolute Gasteiger partial charge is 0.231 e. The number of aromatic amines is 1. The van der Waals surface area contributed by atoms with Gasteiger partial charge in [0.25, 0.3) is 0 Å². The van der Waals surface area contributed by atoms with Gasteiger partial charge in [0.15, 0.2) is 0 Å². The maximum Gasteiger partial charge on any atom is 0.231 e. The van der Waals surface area contributed by atoms with Crippen molar-refractivity contribution in [3.8, 4) is 0 Å². The standard InChI is InChI=1S/C22H24FN9/c1-9-16-14(18(16)24)8-32(9)21-17-13-4-11(23)5-15(25-3)19(13)29-20(17)30-22(31-21)28-12-6-26-10(2)27-7-12/h4-7,9,14,16,18,25H,8,24H2,1-3H3,(H2,28,29,30,31)/t9-,14+,16?,18+/m1/s1. The summed E-state index contributed by atoms with van der Waals surface area (Å²) in [4.78, 5) is 23.7. The van der Waals surface area contributed by atoms with Gasteiger partial charge in [-0.3, -0.25) is 0 Å². The second kappa shape index (κ2) is 6.73. The minimum Gasteiger partial charge on any atom is -0.386 e. The average Bonchev–Trinajstić information content (AvgIpc) is 3.08. The summed E-state index contributed by atoms with van der Waals surface area (Å²) >= 11 is 0. The van der Waals surface area contributed by atoms with Crippen LogP contribution in [0.2, 0.25) is 0 Å². The number of aromatic nitrogens is 5. The Hall–Kier alpha value is -3.53. The fourth-order valence-corrected chi connectivity index (χ4v) is 5.12. The summed E-state index contributed by atoms with van der Waals surface area (Å²) in [5.41, 5.74) is 9.04. The van der Waals surface area contributed by atoms with E-state index in [0.29, 0.717) is 40.6 Å². The number of anilines is 4. The van der Waals surface area contributed by atoms with Crippen LogP contribution in [0.5, 0.6) is 0 Å². The summed E-state index contributed by atoms with van der Waals surface area (Å²) in [7, 11) is 1.77. The van der Waals surface area contributed by atoms with Crippen molar-refractivity contribution in [1.29, 1.82) is 0 Å². The Morgan fingerprint density at radius 1 is 1.22 bits per heavy atom. The van der Waals surface area contributed by atoms with Crippen LogP contribution >= 0.6 is 0 Å². The van der Waals surface area contributed by atoms with Crippen LogP contribution < -0.4 is 21.3 Å². The molecule has 0 spiro atoms. The van der Waals surface area contributed by atoms with Crippen molar-refractivity contribution in [2.24, 2.45) is 17.6 Å². The Morgan fingerprint density at radius 3 is 2.69 bits per heavy atom. The van der Waals surface area contributed by atoms with E-state index < -0.39 is 0 Å². The first-order valence-electron chi connectivity index (χ1n) is 10.7. The highest BCUT2D eigenvalue weighted by Gasteiger charge is 2.58. The molecule has 32 heavy (non-hydrogen) atoms. The number of fused-ring (bicyclic) bond motifs is 4. The first-order chi connectivity index (χ1) is 15.4. The van der Waals surface area contributed by atoms with Gasteiger partial charge >= 0.3 is 0 Å². The van der Waals surface area contributed by atoms with E-state index in [2.05, 4.69) is 37.4 Å². The Balaban J connectivity index is 1.55. The minimum atomic E-state index is -0.313. The normalized spacial score (nSPS) is 24.2. The van der Waals surface area contributed by atoms with Gasteiger partial charge < -0.3 is 26.3 Å². The highest BCUT2D eigenvalue weighted by molar-refractivity contribution is 6.15. The lowest BCUT2D eigenvalue weighted by Crippen LogP contribution is -2.36. The van der Waals surface area contributed by atoms with Crippen molar-refractivity contribution >= 4 is 45.1 Å². The molecular formula is C22H24FN9. The van der Waals surface area contributed by atoms with Crippen LogP contribution in [-0.4, -0.2) is 50.6 Å². The zero-order valence-electron chi connectivity index (χ0n) is 18.0. The molecule has 1 aromatic carbocycles. The van der Waals surface area contributed by atoms with Crippen LogP contribution in [0.1, 0.15) is 12.7 Å². The SMILES string of the molecule is CNc1cc(F)cc2c1[nH]c1nc(Nc3cnc(C)nc3)nc(N3C[C@H]4C([C@H]4N)[C@H]3C)c12. The largest absolute Gasteiger partial charge is 0.386 e. The summed E-state index contributed by atoms with van der Waals surface area (Å²) in [6, 6.07) is 3.50. The molecule has 1 unspecified atom stereocenters. The second-order valence-electron chi connectivity index (χ2n) is 8.70. The van der Waals surface area contributed by atoms with Gasteiger partial charge in [-0.05, 0) is 31.9 Å². The molecule has 1 aliphatic heterocycles. The predicted octanol–water partition coefficient (Wildman–Crippen LogP) is 2.92. The van der Waals surface area contributed by atoms with E-state index in [1.807, 2.05) is 6.92 Å². The van der Waals surface area contributed by atoms with Crippen molar-refractivity contribution in [2.45, 2.75) is 25.9 Å². The molecule has 1 saturated heterocycles. The molecule has 3 aromatic heterocycles. The van der Waals surface area contributed by atoms with Gasteiger partial charge in [-0.15, -0.1) is 0 Å². The zero-order valence-corrected chi connectivity index (χ0v) is 18.0. The Bertz CT molecular complexity index is 1350. The summed E-state index contributed by atoms with van der Waals surface area (Å²) in [5.74, 6) is 2.49. The number of hydrogen-bond donors (Lipinski definition) is 4. The van der Waals surface area contributed by atoms with Crippen LogP contribution in [0.15, 0.2) is 24.5 Å². The van der Waals surface area contributed by atoms with Crippen LogP contribution in [0.25, 0.3) is 21.9 Å². The Kier molecular flexibility index (Phi) is 4.03. The first kappa shape index (κ1) is 19.2. The van der Waals surface area contributed by atoms with Gasteiger partial charge in [-0.1, -0.05) is 0 Å². The molecular weight excluding hydrogens is 409 g/mol. The fourth-order valence-electron chi connectivity index (χ4n) is 5.12. The summed E-state index contributed by atoms with van der Waals surface area (Å²) < 4.78 is 14.4. The van der Waals surface area contributed by atoms with Crippen molar-refractivity contribution in [3.63, 3.8) is 0 Å². The number of nitrogens with zero attached hydrogens (tertiary/aromatic N) is 5. The number of benzene rings is 1. The summed E-state index contributed by atoms with van der Waals surface area (Å²) in [6.07, 6.45) is 3.39. The van der Waals surface area contributed by atoms with E-state index in [4.69, 9.17) is 15.7 Å². The lowest BCUT2D eigenvalue weighted by molar-refractivity contribution is 0.612. The molecule has 0 radical (unpaired) electrons. The number of H-pyrrole nitrogens is 1. The predicted molar refractivity (Wildman–Crippen MR) is 123 cm³/mol. The lowest BCUT2D eigenvalue weighted by Gasteiger charge is -2.27. The van der Waals surface area contributed by atoms with E-state index >= 15 is 0 Å². The van der Waals surface area contributed by atoms with E-state index in [1.165, 1.54) is 12.1 Å². The molecule has 2 aliphatic rings. The third kappa shape index (κ3) is 2.79. The highest BCUT2D eigenvalue weighted by atomic mass is 19.1. The lowest BCUT2D eigenvalue weighted by atomic mass is 10.1. The number of aryl methyl sites for hydroxylation is 1. The van der Waals surface area contributed by atoms with E-state index in [0.717, 1.165) is 28.7 Å². The molecule has 10 heteroatoms. The zero-order chi connectivity index (χ0) is 22.1. The van der Waals surface area contributed by atoms with Gasteiger partial charge in [0.1, 0.15) is 23.1 Å². The molecule has 1 aliphatic carbocycles. The van der Waals surface area contributed by atoms with Crippen LogP contribution in [-0.2, 0) is 0 Å². The number of rotatable bonds is 4. The molecule has 4 atom stereocenters. The molecule has 5 N–H and O–H groups in total. The van der Waals surface area contributed by atoms with Gasteiger partial charge in [0, 0.05) is 37.0 Å². The van der Waals surface area contributed by atoms with Gasteiger partial charge in [-0.25, -0.2) is 14.4 Å². The number of piperidine rings is 1. The van der Waals surface area contributed by atoms with E-state index in [1.54, 1.807) is 19.4 Å². The van der Waals surface area contributed by atoms with Crippen molar-refractivity contribution < 1.29 is 4.39 Å². The van der Waals surface area contributed by atoms with Crippen LogP contribution in [0, 0.1) is 24.6 Å². The molecule has 164 valence electrons. The van der Waals surface area contributed by atoms with Gasteiger partial charge in [0.2, 0.25) is 5.95 Å². The molecule has 0 bridgehead atoms. The number of nitrogens with one attached hydrogen (secondary N) is 3. The Labute approximate surface area is 183 Å². The third-order valence-corrected chi connectivity index (χ3v) is 6.83. The molecule has 1 saturated carbocycles. The maximum atomic E-state index is 14.4. The van der Waals surface area contributed by atoms with Crippen LogP contribution in [0.4, 0.5) is 27.5 Å². The quantitative estimate of drug-likeness (QED) is 0.388. The third-order valence-electron chi connectivity index (χ3n) is 6.83. The van der Waals surface area contributed by atoms with Gasteiger partial charge in [0.05, 0.1) is 34.7 Å². The monoisotopic (exact) mass is 433 g/mol. The average molecular weight is 433 g/mol. The molecule has 4 aromatic rings. The highest BCUT2D eigenvalue weighted by Crippen LogP contribution is 2.51. The number of hydrogen-bond acceptors (Lipinski definition) is 8. The van der Waals surface area contributed by atoms with E-state index in [9.17, 15) is 4.39 Å². The minimum absolute atomic E-state index is 0.242. The van der Waals surface area contributed by atoms with E-state index in [-0.39, 0.29) is 17.9 Å². The molecule has 9 nitrogen and oxygen atoms in total. The van der Waals surface area contributed by atoms with Gasteiger partial charge in [-0.2, -0.15) is 9.97 Å². The Morgan fingerprint density at radius 2 is 2.00 bits per heavy atom. The van der Waals surface area contributed by atoms with Crippen molar-refractivity contribution in [1.82, 2.24) is 24.9 Å². The fraction of sp³-hybridized carbons (Fsp3) is 0.364. The first-order valence-corrected chi connectivity index (χ1v) is 10.7. The maximum absolute atomic E-state index is 14.4. The second-order valence-corrected chi connectivity index (χ2v) is 8.70. The van der Waals surface area contributed by atoms with Crippen LogP contribution in [0.3, 0.4) is 0 Å². The number of nitrogens with two attached hydrogens (primary N) is 1. The van der Waals surface area contributed by atoms with Crippen molar-refractivity contribution in [3.05, 3.63) is 36.2 Å². The summed E-state index contributed by atoms with van der Waals surface area (Å²) in [5, 5.41) is 7.84. The molecule has 2 fully saturated rings. The molecule has 0 amide bonds. The molecule has 4 heterocycles. The van der Waals surface area contributed by atoms with Crippen molar-refractivity contribution in [2.75, 3.05) is 29.1 Å².